The zero-order valence-electron chi connectivity index (χ0n) is 12.2. The fourth-order valence-corrected chi connectivity index (χ4v) is 2.84. The molecule has 2 aromatic rings. The van der Waals surface area contributed by atoms with Crippen LogP contribution in [0.25, 0.3) is 11.3 Å². The van der Waals surface area contributed by atoms with Crippen molar-refractivity contribution in [2.45, 2.75) is 0 Å². The Morgan fingerprint density at radius 1 is 1.32 bits per heavy atom. The molecule has 0 unspecified atom stereocenters. The van der Waals surface area contributed by atoms with Crippen LogP contribution < -0.4 is 4.90 Å². The Labute approximate surface area is 132 Å². The molecule has 1 aromatic carbocycles. The molecular formula is C15H16FN3O2S. The van der Waals surface area contributed by atoms with Gasteiger partial charge in [-0.05, 0) is 18.4 Å². The largest absolute Gasteiger partial charge is 0.423 e. The van der Waals surface area contributed by atoms with Crippen molar-refractivity contribution in [3.63, 3.8) is 0 Å². The third kappa shape index (κ3) is 3.09. The molecule has 0 spiro atoms. The molecule has 1 aromatic heterocycles. The summed E-state index contributed by atoms with van der Waals surface area (Å²) in [6, 6.07) is 6.74. The van der Waals surface area contributed by atoms with Gasteiger partial charge in [0.05, 0.1) is 6.20 Å². The molecule has 0 saturated carbocycles. The van der Waals surface area contributed by atoms with Gasteiger partial charge in [-0.2, -0.15) is 0 Å². The number of anilines is 1. The van der Waals surface area contributed by atoms with Crippen molar-refractivity contribution in [2.75, 3.05) is 37.3 Å². The first-order valence-electron chi connectivity index (χ1n) is 6.97. The minimum Gasteiger partial charge on any atom is -0.423 e. The number of piperazine rings is 1. The van der Waals surface area contributed by atoms with Crippen molar-refractivity contribution in [3.8, 4) is 11.3 Å². The molecule has 3 rings (SSSR count). The Hall–Kier alpha value is -2.02. The van der Waals surface area contributed by atoms with Gasteiger partial charge in [0.2, 0.25) is 0 Å². The summed E-state index contributed by atoms with van der Waals surface area (Å²) in [7, 11) is 0. The number of rotatable bonds is 2. The van der Waals surface area contributed by atoms with Crippen molar-refractivity contribution < 1.29 is 13.6 Å². The predicted octanol–water partition coefficient (Wildman–Crippen LogP) is 3.09. The number of nitrogens with zero attached hydrogens (tertiary/aromatic N) is 3. The third-order valence-corrected chi connectivity index (χ3v) is 4.19. The molecule has 1 amide bonds. The summed E-state index contributed by atoms with van der Waals surface area (Å²) in [6.45, 7) is 2.65. The maximum Gasteiger partial charge on any atom is 0.297 e. The Morgan fingerprint density at radius 3 is 2.77 bits per heavy atom. The van der Waals surface area contributed by atoms with E-state index in [4.69, 9.17) is 4.42 Å². The van der Waals surface area contributed by atoms with Crippen LogP contribution in [0.2, 0.25) is 0 Å². The second kappa shape index (κ2) is 6.39. The second-order valence-corrected chi connectivity index (χ2v) is 5.72. The van der Waals surface area contributed by atoms with Gasteiger partial charge in [-0.3, -0.25) is 4.79 Å². The first kappa shape index (κ1) is 14.9. The maximum absolute atomic E-state index is 13.3. The lowest BCUT2D eigenvalue weighted by Crippen LogP contribution is -2.47. The van der Waals surface area contributed by atoms with E-state index in [-0.39, 0.29) is 11.1 Å². The number of benzene rings is 1. The molecule has 0 radical (unpaired) electrons. The van der Waals surface area contributed by atoms with Crippen molar-refractivity contribution in [2.24, 2.45) is 0 Å². The number of oxazole rings is 1. The third-order valence-electron chi connectivity index (χ3n) is 3.59. The van der Waals surface area contributed by atoms with Crippen molar-refractivity contribution in [1.82, 2.24) is 9.88 Å². The van der Waals surface area contributed by atoms with Crippen LogP contribution in [0.15, 0.2) is 34.9 Å². The van der Waals surface area contributed by atoms with Gasteiger partial charge in [0, 0.05) is 31.7 Å². The first-order chi connectivity index (χ1) is 10.7. The molecule has 116 valence electrons. The van der Waals surface area contributed by atoms with E-state index in [0.29, 0.717) is 43.5 Å². The van der Waals surface area contributed by atoms with Crippen LogP contribution in [0.3, 0.4) is 0 Å². The Kier molecular flexibility index (Phi) is 4.33. The van der Waals surface area contributed by atoms with Gasteiger partial charge in [0.15, 0.2) is 5.76 Å². The number of carbonyl (C=O) groups excluding carboxylic acids is 1. The number of aromatic nitrogens is 1. The van der Waals surface area contributed by atoms with Crippen LogP contribution in [0.5, 0.6) is 0 Å². The van der Waals surface area contributed by atoms with Crippen LogP contribution in [0.4, 0.5) is 15.2 Å². The molecule has 1 aliphatic rings. The van der Waals surface area contributed by atoms with Gasteiger partial charge < -0.3 is 14.2 Å². The van der Waals surface area contributed by atoms with Gasteiger partial charge in [-0.25, -0.2) is 9.37 Å². The number of halogens is 1. The SMILES string of the molecule is CSC(=O)N1CCN(c2ncc(-c3cccc(F)c3)o2)CC1. The van der Waals surface area contributed by atoms with Crippen molar-refractivity contribution in [1.29, 1.82) is 0 Å². The van der Waals surface area contributed by atoms with Gasteiger partial charge in [0.1, 0.15) is 5.82 Å². The Morgan fingerprint density at radius 2 is 2.09 bits per heavy atom. The minimum atomic E-state index is -0.306. The average molecular weight is 321 g/mol. The predicted molar refractivity (Wildman–Crippen MR) is 84.6 cm³/mol. The summed E-state index contributed by atoms with van der Waals surface area (Å²) < 4.78 is 19.0. The van der Waals surface area contributed by atoms with Crippen LogP contribution >= 0.6 is 11.8 Å². The molecule has 0 bridgehead atoms. The monoisotopic (exact) mass is 321 g/mol. The molecule has 1 saturated heterocycles. The maximum atomic E-state index is 13.3. The lowest BCUT2D eigenvalue weighted by atomic mass is 10.2. The van der Waals surface area contributed by atoms with Crippen molar-refractivity contribution in [3.05, 3.63) is 36.3 Å². The fraction of sp³-hybridized carbons (Fsp3) is 0.333. The highest BCUT2D eigenvalue weighted by Gasteiger charge is 2.23. The second-order valence-electron chi connectivity index (χ2n) is 4.96. The van der Waals surface area contributed by atoms with Gasteiger partial charge >= 0.3 is 0 Å². The van der Waals surface area contributed by atoms with Crippen molar-refractivity contribution >= 4 is 23.0 Å². The van der Waals surface area contributed by atoms with Crippen LogP contribution in [-0.2, 0) is 0 Å². The normalized spacial score (nSPS) is 15.2. The highest BCUT2D eigenvalue weighted by Crippen LogP contribution is 2.25. The number of hydrogen-bond donors (Lipinski definition) is 0. The summed E-state index contributed by atoms with van der Waals surface area (Å²) in [4.78, 5) is 19.7. The molecule has 1 aliphatic heterocycles. The number of carbonyl (C=O) groups is 1. The molecular weight excluding hydrogens is 305 g/mol. The summed E-state index contributed by atoms with van der Waals surface area (Å²) >= 11 is 1.23. The molecule has 0 aliphatic carbocycles. The summed E-state index contributed by atoms with van der Waals surface area (Å²) in [5.41, 5.74) is 0.662. The molecule has 2 heterocycles. The van der Waals surface area contributed by atoms with Gasteiger partial charge in [-0.15, -0.1) is 0 Å². The molecule has 1 fully saturated rings. The van der Waals surface area contributed by atoms with E-state index >= 15 is 0 Å². The molecule has 22 heavy (non-hydrogen) atoms. The summed E-state index contributed by atoms with van der Waals surface area (Å²) in [5.74, 6) is 0.233. The zero-order chi connectivity index (χ0) is 15.5. The number of thioether (sulfide) groups is 1. The zero-order valence-corrected chi connectivity index (χ0v) is 13.0. The van der Waals surface area contributed by atoms with Crippen LogP contribution in [0, 0.1) is 5.82 Å². The standard InChI is InChI=1S/C15H16FN3O2S/c1-22-15(20)19-7-5-18(6-8-19)14-17-10-13(21-14)11-3-2-4-12(16)9-11/h2-4,9-10H,5-8H2,1H3. The van der Waals surface area contributed by atoms with E-state index in [0.717, 1.165) is 0 Å². The Bertz CT molecular complexity index is 668. The lowest BCUT2D eigenvalue weighted by Gasteiger charge is -2.33. The molecule has 5 nitrogen and oxygen atoms in total. The van der Waals surface area contributed by atoms with E-state index in [1.54, 1.807) is 24.6 Å². The van der Waals surface area contributed by atoms with Crippen LogP contribution in [-0.4, -0.2) is 47.6 Å². The molecule has 0 N–H and O–H groups in total. The minimum absolute atomic E-state index is 0.0903. The topological polar surface area (TPSA) is 49.6 Å². The highest BCUT2D eigenvalue weighted by atomic mass is 32.2. The van der Waals surface area contributed by atoms with E-state index in [2.05, 4.69) is 4.98 Å². The van der Waals surface area contributed by atoms with E-state index in [9.17, 15) is 9.18 Å². The van der Waals surface area contributed by atoms with E-state index in [1.165, 1.54) is 23.9 Å². The molecule has 7 heteroatoms. The number of hydrogen-bond acceptors (Lipinski definition) is 5. The quantitative estimate of drug-likeness (QED) is 0.851. The summed E-state index contributed by atoms with van der Waals surface area (Å²) in [6.07, 6.45) is 3.39. The van der Waals surface area contributed by atoms with E-state index < -0.39 is 0 Å². The van der Waals surface area contributed by atoms with Gasteiger partial charge in [0.25, 0.3) is 11.3 Å². The smallest absolute Gasteiger partial charge is 0.297 e. The van der Waals surface area contributed by atoms with Gasteiger partial charge in [-0.1, -0.05) is 23.9 Å². The first-order valence-corrected chi connectivity index (χ1v) is 8.19. The fourth-order valence-electron chi connectivity index (χ4n) is 2.40. The average Bonchev–Trinajstić information content (AvgIpc) is 3.04. The Balaban J connectivity index is 1.69. The summed E-state index contributed by atoms with van der Waals surface area (Å²) in [5, 5.41) is 0.0903. The number of amides is 1. The lowest BCUT2D eigenvalue weighted by molar-refractivity contribution is 0.218. The van der Waals surface area contributed by atoms with Crippen LogP contribution in [0.1, 0.15) is 0 Å². The highest BCUT2D eigenvalue weighted by molar-refractivity contribution is 8.12. The van der Waals surface area contributed by atoms with E-state index in [1.807, 2.05) is 9.80 Å². The molecule has 0 atom stereocenters.